The van der Waals surface area contributed by atoms with E-state index < -0.39 is 19.3 Å². The van der Waals surface area contributed by atoms with Crippen LogP contribution < -0.4 is 4.90 Å². The Balaban J connectivity index is 2.80. The molecule has 0 atom stereocenters. The maximum atomic E-state index is 12.2. The molecule has 7 heteroatoms. The summed E-state index contributed by atoms with van der Waals surface area (Å²) in [5, 5.41) is 8.64. The Morgan fingerprint density at radius 3 is 2.56 bits per heavy atom. The smallest absolute Gasteiger partial charge is 0.406 e. The summed E-state index contributed by atoms with van der Waals surface area (Å²) >= 11 is 0. The average Bonchev–Trinajstić information content (AvgIpc) is 2.63. The zero-order valence-electron chi connectivity index (χ0n) is 8.20. The second kappa shape index (κ2) is 5.02. The molecule has 16 heavy (non-hydrogen) atoms. The quantitative estimate of drug-likeness (QED) is 0.787. The normalized spacial score (nSPS) is 11.5. The van der Waals surface area contributed by atoms with Crippen molar-refractivity contribution in [2.24, 2.45) is 0 Å². The summed E-state index contributed by atoms with van der Waals surface area (Å²) in [4.78, 5) is 11.1. The van der Waals surface area contributed by atoms with Gasteiger partial charge < -0.3 is 14.4 Å². The minimum absolute atomic E-state index is 0.0554. The van der Waals surface area contributed by atoms with E-state index in [0.29, 0.717) is 6.29 Å². The van der Waals surface area contributed by atoms with Crippen LogP contribution in [0.25, 0.3) is 0 Å². The molecule has 0 radical (unpaired) electrons. The number of rotatable bonds is 5. The van der Waals surface area contributed by atoms with E-state index in [1.807, 2.05) is 0 Å². The molecule has 4 nitrogen and oxygen atoms in total. The Hall–Kier alpha value is -1.50. The van der Waals surface area contributed by atoms with E-state index in [9.17, 15) is 18.0 Å². The lowest BCUT2D eigenvalue weighted by Crippen LogP contribution is -2.36. The second-order valence-electron chi connectivity index (χ2n) is 3.05. The maximum absolute atomic E-state index is 12.2. The van der Waals surface area contributed by atoms with Crippen LogP contribution in [0.15, 0.2) is 16.5 Å². The standard InChI is InChI=1S/C9H10F3NO3/c10-9(11,12)6-13(3-4-14)8-2-1-7(5-15)16-8/h1-2,5,14H,3-4,6H2. The van der Waals surface area contributed by atoms with Crippen LogP contribution in [0.1, 0.15) is 10.6 Å². The van der Waals surface area contributed by atoms with Crippen molar-refractivity contribution in [3.63, 3.8) is 0 Å². The molecule has 0 bridgehead atoms. The average molecular weight is 237 g/mol. The molecule has 0 aliphatic heterocycles. The van der Waals surface area contributed by atoms with Crippen LogP contribution in [0.2, 0.25) is 0 Å². The molecule has 0 fully saturated rings. The SMILES string of the molecule is O=Cc1ccc(N(CCO)CC(F)(F)F)o1. The molecule has 0 saturated heterocycles. The number of aldehydes is 1. The molecule has 1 rings (SSSR count). The first kappa shape index (κ1) is 12.6. The van der Waals surface area contributed by atoms with Gasteiger partial charge in [0.05, 0.1) is 6.61 Å². The van der Waals surface area contributed by atoms with Crippen molar-refractivity contribution in [2.45, 2.75) is 6.18 Å². The fourth-order valence-corrected chi connectivity index (χ4v) is 1.18. The van der Waals surface area contributed by atoms with E-state index in [1.54, 1.807) is 0 Å². The number of aliphatic hydroxyl groups excluding tert-OH is 1. The van der Waals surface area contributed by atoms with Crippen molar-refractivity contribution in [3.05, 3.63) is 17.9 Å². The number of carbonyl (C=O) groups is 1. The van der Waals surface area contributed by atoms with Crippen molar-refractivity contribution in [1.82, 2.24) is 0 Å². The van der Waals surface area contributed by atoms with Crippen molar-refractivity contribution >= 4 is 12.2 Å². The number of halogens is 3. The topological polar surface area (TPSA) is 53.7 Å². The van der Waals surface area contributed by atoms with Gasteiger partial charge in [-0.05, 0) is 6.07 Å². The van der Waals surface area contributed by atoms with Gasteiger partial charge in [-0.25, -0.2) is 0 Å². The highest BCUT2D eigenvalue weighted by molar-refractivity contribution is 5.71. The van der Waals surface area contributed by atoms with Crippen LogP contribution in [0.3, 0.4) is 0 Å². The number of furan rings is 1. The summed E-state index contributed by atoms with van der Waals surface area (Å²) in [6.07, 6.45) is -4.00. The monoisotopic (exact) mass is 237 g/mol. The predicted molar refractivity (Wildman–Crippen MR) is 49.4 cm³/mol. The molecule has 90 valence electrons. The molecule has 1 heterocycles. The molecule has 1 aromatic rings. The minimum atomic E-state index is -4.40. The lowest BCUT2D eigenvalue weighted by Gasteiger charge is -2.22. The summed E-state index contributed by atoms with van der Waals surface area (Å²) in [5.74, 6) is -0.145. The highest BCUT2D eigenvalue weighted by Crippen LogP contribution is 2.23. The lowest BCUT2D eigenvalue weighted by molar-refractivity contribution is -0.120. The van der Waals surface area contributed by atoms with Gasteiger partial charge in [0, 0.05) is 12.6 Å². The number of carbonyl (C=O) groups excluding carboxylic acids is 1. The number of nitrogens with zero attached hydrogens (tertiary/aromatic N) is 1. The maximum Gasteiger partial charge on any atom is 0.406 e. The van der Waals surface area contributed by atoms with Crippen LogP contribution in [-0.4, -0.2) is 37.3 Å². The van der Waals surface area contributed by atoms with Gasteiger partial charge in [0.1, 0.15) is 6.54 Å². The second-order valence-corrected chi connectivity index (χ2v) is 3.05. The molecule has 0 amide bonds. The molecule has 0 aliphatic rings. The zero-order valence-corrected chi connectivity index (χ0v) is 8.20. The number of alkyl halides is 3. The molecule has 1 aromatic heterocycles. The van der Waals surface area contributed by atoms with E-state index in [0.717, 1.165) is 4.90 Å². The Bertz CT molecular complexity index is 348. The molecule has 0 aromatic carbocycles. The fraction of sp³-hybridized carbons (Fsp3) is 0.444. The highest BCUT2D eigenvalue weighted by atomic mass is 19.4. The largest absolute Gasteiger partial charge is 0.438 e. The first-order valence-electron chi connectivity index (χ1n) is 4.44. The van der Waals surface area contributed by atoms with Crippen molar-refractivity contribution in [2.75, 3.05) is 24.6 Å². The molecular weight excluding hydrogens is 227 g/mol. The third-order valence-electron chi connectivity index (χ3n) is 1.78. The summed E-state index contributed by atoms with van der Waals surface area (Å²) in [6.45, 7) is -1.89. The van der Waals surface area contributed by atoms with E-state index in [1.165, 1.54) is 12.1 Å². The van der Waals surface area contributed by atoms with Gasteiger partial charge >= 0.3 is 6.18 Å². The number of aliphatic hydroxyl groups is 1. The first-order valence-corrected chi connectivity index (χ1v) is 4.44. The molecular formula is C9H10F3NO3. The van der Waals surface area contributed by atoms with Gasteiger partial charge in [-0.2, -0.15) is 13.2 Å². The first-order chi connectivity index (χ1) is 7.46. The molecule has 0 aliphatic carbocycles. The third kappa shape index (κ3) is 3.58. The fourth-order valence-electron chi connectivity index (χ4n) is 1.18. The Labute approximate surface area is 89.3 Å². The van der Waals surface area contributed by atoms with Gasteiger partial charge in [-0.3, -0.25) is 4.79 Å². The molecule has 0 spiro atoms. The summed E-state index contributed by atoms with van der Waals surface area (Å²) in [5.41, 5.74) is 0. The highest BCUT2D eigenvalue weighted by Gasteiger charge is 2.31. The number of hydrogen-bond acceptors (Lipinski definition) is 4. The van der Waals surface area contributed by atoms with Crippen LogP contribution >= 0.6 is 0 Å². The lowest BCUT2D eigenvalue weighted by atomic mass is 10.4. The predicted octanol–water partition coefficient (Wildman–Crippen LogP) is 1.45. The van der Waals surface area contributed by atoms with E-state index in [4.69, 9.17) is 9.52 Å². The van der Waals surface area contributed by atoms with Crippen LogP contribution in [0.4, 0.5) is 19.1 Å². The third-order valence-corrected chi connectivity index (χ3v) is 1.78. The van der Waals surface area contributed by atoms with Crippen molar-refractivity contribution in [1.29, 1.82) is 0 Å². The van der Waals surface area contributed by atoms with Gasteiger partial charge in [-0.15, -0.1) is 0 Å². The van der Waals surface area contributed by atoms with Gasteiger partial charge in [0.2, 0.25) is 0 Å². The van der Waals surface area contributed by atoms with E-state index in [-0.39, 0.29) is 18.2 Å². The number of hydrogen-bond donors (Lipinski definition) is 1. The van der Waals surface area contributed by atoms with E-state index in [2.05, 4.69) is 0 Å². The Morgan fingerprint density at radius 2 is 2.12 bits per heavy atom. The van der Waals surface area contributed by atoms with Crippen LogP contribution in [0, 0.1) is 0 Å². The number of anilines is 1. The van der Waals surface area contributed by atoms with Gasteiger partial charge in [0.15, 0.2) is 17.9 Å². The summed E-state index contributed by atoms with van der Waals surface area (Å²) < 4.78 is 41.3. The van der Waals surface area contributed by atoms with Crippen LogP contribution in [0.5, 0.6) is 0 Å². The van der Waals surface area contributed by atoms with E-state index >= 15 is 0 Å². The Kier molecular flexibility index (Phi) is 3.94. The summed E-state index contributed by atoms with van der Waals surface area (Å²) in [7, 11) is 0. The molecule has 0 saturated carbocycles. The van der Waals surface area contributed by atoms with Gasteiger partial charge in [0.25, 0.3) is 0 Å². The Morgan fingerprint density at radius 1 is 1.44 bits per heavy atom. The van der Waals surface area contributed by atoms with Gasteiger partial charge in [-0.1, -0.05) is 0 Å². The molecule has 0 unspecified atom stereocenters. The summed E-state index contributed by atoms with van der Waals surface area (Å²) in [6, 6.07) is 2.52. The van der Waals surface area contributed by atoms with Crippen molar-refractivity contribution < 1.29 is 27.5 Å². The van der Waals surface area contributed by atoms with Crippen molar-refractivity contribution in [3.8, 4) is 0 Å². The van der Waals surface area contributed by atoms with Crippen LogP contribution in [-0.2, 0) is 0 Å². The zero-order chi connectivity index (χ0) is 12.2. The molecule has 1 N–H and O–H groups in total. The minimum Gasteiger partial charge on any atom is -0.438 e.